The number of morpholine rings is 1. The van der Waals surface area contributed by atoms with Crippen molar-refractivity contribution < 1.29 is 33.4 Å². The van der Waals surface area contributed by atoms with Crippen molar-refractivity contribution in [2.24, 2.45) is 0 Å². The smallest absolute Gasteiger partial charge is 0.245 e. The molecule has 212 valence electrons. The minimum Gasteiger partial charge on any atom is -0.379 e. The average molecular weight is 544 g/mol. The Hall–Kier alpha value is -3.61. The van der Waals surface area contributed by atoms with E-state index >= 15 is 0 Å². The monoisotopic (exact) mass is 543 g/mol. The second kappa shape index (κ2) is 14.0. The standard InChI is InChI=1S/C27H37N5O7/c1-4-22(33)28-15-21(31-25(36)18(2)29-23(34)16-32-10-12-38-13-11-32)26(37)30-20(24(35)27(3)17-39-27)14-19-8-6-5-7-9-19/h4-9,18,20-21H,1,10-17H2,2-3H3,(H,28,33)(H,29,34)(H,30,37)(H,31,36)/t18-,20-,21-,27+/m0/s1. The van der Waals surface area contributed by atoms with Gasteiger partial charge in [-0.2, -0.15) is 0 Å². The molecule has 1 aromatic rings. The fourth-order valence-corrected chi connectivity index (χ4v) is 4.05. The molecule has 2 heterocycles. The molecule has 0 aromatic heterocycles. The molecule has 0 saturated carbocycles. The van der Waals surface area contributed by atoms with Gasteiger partial charge in [-0.15, -0.1) is 0 Å². The highest BCUT2D eigenvalue weighted by Gasteiger charge is 2.50. The fraction of sp³-hybridized carbons (Fsp3) is 0.519. The third-order valence-corrected chi connectivity index (χ3v) is 6.55. The molecule has 39 heavy (non-hydrogen) atoms. The van der Waals surface area contributed by atoms with Crippen LogP contribution in [0.5, 0.6) is 0 Å². The maximum absolute atomic E-state index is 13.3. The maximum Gasteiger partial charge on any atom is 0.245 e. The first-order valence-corrected chi connectivity index (χ1v) is 12.9. The minimum atomic E-state index is -1.22. The number of nitrogens with one attached hydrogen (secondary N) is 4. The van der Waals surface area contributed by atoms with Crippen LogP contribution in [-0.2, 0) is 39.9 Å². The van der Waals surface area contributed by atoms with Crippen LogP contribution in [0.15, 0.2) is 43.0 Å². The molecule has 0 unspecified atom stereocenters. The van der Waals surface area contributed by atoms with Crippen molar-refractivity contribution in [2.75, 3.05) is 46.0 Å². The second-order valence-corrected chi connectivity index (χ2v) is 9.82. The van der Waals surface area contributed by atoms with E-state index in [1.807, 2.05) is 35.2 Å². The van der Waals surface area contributed by atoms with Crippen LogP contribution in [0, 0.1) is 0 Å². The summed E-state index contributed by atoms with van der Waals surface area (Å²) in [6.45, 7) is 8.97. The summed E-state index contributed by atoms with van der Waals surface area (Å²) in [5, 5.41) is 10.4. The van der Waals surface area contributed by atoms with E-state index in [0.717, 1.165) is 11.6 Å². The van der Waals surface area contributed by atoms with Gasteiger partial charge in [-0.05, 0) is 31.9 Å². The summed E-state index contributed by atoms with van der Waals surface area (Å²) in [7, 11) is 0. The molecule has 2 aliphatic rings. The van der Waals surface area contributed by atoms with Crippen molar-refractivity contribution in [1.82, 2.24) is 26.2 Å². The van der Waals surface area contributed by atoms with Crippen LogP contribution in [-0.4, -0.2) is 104 Å². The Balaban J connectivity index is 1.66. The molecule has 2 saturated heterocycles. The predicted octanol–water partition coefficient (Wildman–Crippen LogP) is -1.30. The number of hydrogen-bond acceptors (Lipinski definition) is 8. The van der Waals surface area contributed by atoms with E-state index in [9.17, 15) is 24.0 Å². The molecule has 0 radical (unpaired) electrons. The Morgan fingerprint density at radius 2 is 1.67 bits per heavy atom. The normalized spacial score (nSPS) is 21.0. The number of Topliss-reactive ketones (excluding diaryl/α,β-unsaturated/α-hetero) is 1. The molecule has 12 nitrogen and oxygen atoms in total. The molecule has 4 N–H and O–H groups in total. The second-order valence-electron chi connectivity index (χ2n) is 9.82. The molecular weight excluding hydrogens is 506 g/mol. The summed E-state index contributed by atoms with van der Waals surface area (Å²) in [5.41, 5.74) is -0.153. The SMILES string of the molecule is C=CC(=O)NC[C@H](NC(=O)[C@H](C)NC(=O)CN1CCOCC1)C(=O)N[C@@H](Cc1ccccc1)C(=O)[C@@]1(C)CO1. The highest BCUT2D eigenvalue weighted by Crippen LogP contribution is 2.29. The maximum atomic E-state index is 13.3. The van der Waals surface area contributed by atoms with Crippen LogP contribution in [0.4, 0.5) is 0 Å². The van der Waals surface area contributed by atoms with Gasteiger partial charge >= 0.3 is 0 Å². The first-order valence-electron chi connectivity index (χ1n) is 12.9. The molecule has 1 aromatic carbocycles. The highest BCUT2D eigenvalue weighted by atomic mass is 16.6. The fourth-order valence-electron chi connectivity index (χ4n) is 4.05. The summed E-state index contributed by atoms with van der Waals surface area (Å²) >= 11 is 0. The summed E-state index contributed by atoms with van der Waals surface area (Å²) in [5.74, 6) is -2.46. The van der Waals surface area contributed by atoms with Crippen LogP contribution in [0.25, 0.3) is 0 Å². The first-order chi connectivity index (χ1) is 18.6. The van der Waals surface area contributed by atoms with Gasteiger partial charge in [0, 0.05) is 19.6 Å². The van der Waals surface area contributed by atoms with Crippen LogP contribution >= 0.6 is 0 Å². The zero-order valence-electron chi connectivity index (χ0n) is 22.4. The Morgan fingerprint density at radius 1 is 1.03 bits per heavy atom. The molecule has 4 atom stereocenters. The van der Waals surface area contributed by atoms with Crippen molar-refractivity contribution >= 4 is 29.4 Å². The Labute approximate surface area is 227 Å². The van der Waals surface area contributed by atoms with Gasteiger partial charge in [0.25, 0.3) is 0 Å². The minimum absolute atomic E-state index is 0.115. The van der Waals surface area contributed by atoms with E-state index in [-0.39, 0.29) is 37.8 Å². The number of carbonyl (C=O) groups is 5. The zero-order valence-corrected chi connectivity index (χ0v) is 22.4. The largest absolute Gasteiger partial charge is 0.379 e. The van der Waals surface area contributed by atoms with Crippen molar-refractivity contribution in [1.29, 1.82) is 0 Å². The lowest BCUT2D eigenvalue weighted by atomic mass is 9.94. The summed E-state index contributed by atoms with van der Waals surface area (Å²) < 4.78 is 10.6. The van der Waals surface area contributed by atoms with Gasteiger partial charge in [-0.3, -0.25) is 28.9 Å². The Morgan fingerprint density at radius 3 is 2.28 bits per heavy atom. The number of ketones is 1. The lowest BCUT2D eigenvalue weighted by molar-refractivity contribution is -0.134. The molecule has 0 bridgehead atoms. The summed E-state index contributed by atoms with van der Waals surface area (Å²) in [6, 6.07) is 6.09. The number of epoxide rings is 1. The van der Waals surface area contributed by atoms with Gasteiger partial charge < -0.3 is 30.7 Å². The van der Waals surface area contributed by atoms with E-state index in [4.69, 9.17) is 9.47 Å². The van der Waals surface area contributed by atoms with Gasteiger partial charge in [0.1, 0.15) is 17.7 Å². The van der Waals surface area contributed by atoms with E-state index in [0.29, 0.717) is 26.3 Å². The van der Waals surface area contributed by atoms with E-state index in [1.165, 1.54) is 6.92 Å². The van der Waals surface area contributed by atoms with Crippen LogP contribution in [0.1, 0.15) is 19.4 Å². The third-order valence-electron chi connectivity index (χ3n) is 6.55. The number of nitrogens with zero attached hydrogens (tertiary/aromatic N) is 1. The summed E-state index contributed by atoms with van der Waals surface area (Å²) in [4.78, 5) is 65.5. The molecule has 4 amide bonds. The quantitative estimate of drug-likeness (QED) is 0.166. The van der Waals surface area contributed by atoms with Gasteiger partial charge in [-0.25, -0.2) is 0 Å². The zero-order chi connectivity index (χ0) is 28.4. The topological polar surface area (TPSA) is 158 Å². The lowest BCUT2D eigenvalue weighted by Crippen LogP contribution is -2.59. The number of hydrogen-bond donors (Lipinski definition) is 4. The van der Waals surface area contributed by atoms with E-state index < -0.39 is 41.4 Å². The molecular formula is C27H37N5O7. The molecule has 2 fully saturated rings. The predicted molar refractivity (Wildman–Crippen MR) is 141 cm³/mol. The summed E-state index contributed by atoms with van der Waals surface area (Å²) in [6.07, 6.45) is 1.26. The van der Waals surface area contributed by atoms with Gasteiger partial charge in [-0.1, -0.05) is 36.9 Å². The number of ether oxygens (including phenoxy) is 2. The van der Waals surface area contributed by atoms with Crippen molar-refractivity contribution in [2.45, 2.75) is 44.0 Å². The Bertz CT molecular complexity index is 1050. The van der Waals surface area contributed by atoms with Crippen molar-refractivity contribution in [3.05, 3.63) is 48.6 Å². The number of benzene rings is 1. The van der Waals surface area contributed by atoms with Crippen LogP contribution in [0.3, 0.4) is 0 Å². The Kier molecular flexibility index (Phi) is 10.7. The molecule has 3 rings (SSSR count). The van der Waals surface area contributed by atoms with Gasteiger partial charge in [0.15, 0.2) is 5.78 Å². The lowest BCUT2D eigenvalue weighted by Gasteiger charge is -2.27. The van der Waals surface area contributed by atoms with Gasteiger partial charge in [0.05, 0.1) is 32.4 Å². The van der Waals surface area contributed by atoms with E-state index in [1.54, 1.807) is 6.92 Å². The van der Waals surface area contributed by atoms with Gasteiger partial charge in [0.2, 0.25) is 23.6 Å². The molecule has 0 aliphatic carbocycles. The highest BCUT2D eigenvalue weighted by molar-refractivity contribution is 5.99. The number of amides is 4. The van der Waals surface area contributed by atoms with Crippen molar-refractivity contribution in [3.8, 4) is 0 Å². The number of carbonyl (C=O) groups excluding carboxylic acids is 5. The number of rotatable bonds is 14. The van der Waals surface area contributed by atoms with Crippen LogP contribution < -0.4 is 21.3 Å². The average Bonchev–Trinajstić information content (AvgIpc) is 3.69. The molecule has 12 heteroatoms. The van der Waals surface area contributed by atoms with Crippen LogP contribution in [0.2, 0.25) is 0 Å². The molecule has 2 aliphatic heterocycles. The molecule has 0 spiro atoms. The van der Waals surface area contributed by atoms with Crippen molar-refractivity contribution in [3.63, 3.8) is 0 Å². The third kappa shape index (κ3) is 9.27. The van der Waals surface area contributed by atoms with E-state index in [2.05, 4.69) is 27.8 Å². The first kappa shape index (κ1) is 29.9.